The van der Waals surface area contributed by atoms with Gasteiger partial charge >= 0.3 is 6.03 Å². The van der Waals surface area contributed by atoms with Gasteiger partial charge in [-0.15, -0.1) is 0 Å². The molecule has 0 aliphatic heterocycles. The Morgan fingerprint density at radius 3 is 2.78 bits per heavy atom. The van der Waals surface area contributed by atoms with Crippen LogP contribution in [-0.2, 0) is 0 Å². The highest BCUT2D eigenvalue weighted by atomic mass is 16.5. The van der Waals surface area contributed by atoms with E-state index in [2.05, 4.69) is 10.6 Å². The molecule has 0 saturated heterocycles. The molecule has 1 saturated carbocycles. The van der Waals surface area contributed by atoms with E-state index in [0.717, 1.165) is 18.5 Å². The fourth-order valence-electron chi connectivity index (χ4n) is 2.27. The lowest BCUT2D eigenvalue weighted by Crippen LogP contribution is -2.36. The number of carbonyl (C=O) groups is 1. The summed E-state index contributed by atoms with van der Waals surface area (Å²) in [6.45, 7) is 2.51. The van der Waals surface area contributed by atoms with Crippen LogP contribution in [0.5, 0.6) is 5.75 Å². The average Bonchev–Trinajstić information content (AvgIpc) is 2.84. The van der Waals surface area contributed by atoms with E-state index in [-0.39, 0.29) is 6.03 Å². The number of rotatable bonds is 4. The number of benzene rings is 1. The van der Waals surface area contributed by atoms with Gasteiger partial charge in [0.25, 0.3) is 0 Å². The minimum atomic E-state index is -0.144. The van der Waals surface area contributed by atoms with Crippen LogP contribution in [0.2, 0.25) is 0 Å². The van der Waals surface area contributed by atoms with E-state index in [1.165, 1.54) is 12.8 Å². The molecule has 2 N–H and O–H groups in total. The molecular weight excluding hydrogens is 228 g/mol. The number of urea groups is 1. The third-order valence-corrected chi connectivity index (χ3v) is 3.13. The van der Waals surface area contributed by atoms with E-state index in [4.69, 9.17) is 4.74 Å². The molecule has 0 radical (unpaired) electrons. The van der Waals surface area contributed by atoms with Crippen molar-refractivity contribution >= 4 is 11.7 Å². The minimum Gasteiger partial charge on any atom is -0.492 e. The molecule has 0 aromatic heterocycles. The van der Waals surface area contributed by atoms with Gasteiger partial charge in [-0.3, -0.25) is 0 Å². The second-order valence-electron chi connectivity index (χ2n) is 4.51. The number of hydrogen-bond donors (Lipinski definition) is 2. The smallest absolute Gasteiger partial charge is 0.319 e. The van der Waals surface area contributed by atoms with Crippen LogP contribution in [0.3, 0.4) is 0 Å². The van der Waals surface area contributed by atoms with Gasteiger partial charge in [0.15, 0.2) is 0 Å². The van der Waals surface area contributed by atoms with E-state index in [1.807, 2.05) is 31.2 Å². The Hall–Kier alpha value is -1.71. The lowest BCUT2D eigenvalue weighted by Gasteiger charge is -2.15. The molecule has 0 atom stereocenters. The van der Waals surface area contributed by atoms with E-state index >= 15 is 0 Å². The van der Waals surface area contributed by atoms with E-state index in [9.17, 15) is 4.79 Å². The van der Waals surface area contributed by atoms with E-state index < -0.39 is 0 Å². The summed E-state index contributed by atoms with van der Waals surface area (Å²) in [5.74, 6) is 0.710. The Morgan fingerprint density at radius 1 is 1.33 bits per heavy atom. The first-order valence-corrected chi connectivity index (χ1v) is 6.59. The third kappa shape index (κ3) is 3.39. The van der Waals surface area contributed by atoms with Gasteiger partial charge in [-0.1, -0.05) is 25.0 Å². The Morgan fingerprint density at radius 2 is 2.06 bits per heavy atom. The van der Waals surface area contributed by atoms with Crippen molar-refractivity contribution < 1.29 is 9.53 Å². The summed E-state index contributed by atoms with van der Waals surface area (Å²) in [6.07, 6.45) is 4.59. The van der Waals surface area contributed by atoms with Crippen molar-refractivity contribution in [3.05, 3.63) is 24.3 Å². The zero-order valence-corrected chi connectivity index (χ0v) is 10.7. The molecule has 1 aliphatic rings. The summed E-state index contributed by atoms with van der Waals surface area (Å²) in [6, 6.07) is 7.66. The molecule has 1 aliphatic carbocycles. The number of para-hydroxylation sites is 2. The fourth-order valence-corrected chi connectivity index (χ4v) is 2.27. The van der Waals surface area contributed by atoms with E-state index in [0.29, 0.717) is 18.4 Å². The highest BCUT2D eigenvalue weighted by Crippen LogP contribution is 2.24. The highest BCUT2D eigenvalue weighted by molar-refractivity contribution is 5.91. The molecule has 0 heterocycles. The summed E-state index contributed by atoms with van der Waals surface area (Å²) in [5, 5.41) is 5.84. The molecule has 0 bridgehead atoms. The summed E-state index contributed by atoms with van der Waals surface area (Å²) in [7, 11) is 0. The van der Waals surface area contributed by atoms with Crippen molar-refractivity contribution in [2.75, 3.05) is 11.9 Å². The van der Waals surface area contributed by atoms with Crippen molar-refractivity contribution in [1.82, 2.24) is 5.32 Å². The van der Waals surface area contributed by atoms with Crippen LogP contribution in [0.4, 0.5) is 10.5 Å². The number of ether oxygens (including phenoxy) is 1. The van der Waals surface area contributed by atoms with Crippen LogP contribution < -0.4 is 15.4 Å². The molecule has 1 aromatic rings. The molecule has 1 fully saturated rings. The van der Waals surface area contributed by atoms with Gasteiger partial charge in [-0.25, -0.2) is 4.79 Å². The summed E-state index contributed by atoms with van der Waals surface area (Å²) < 4.78 is 5.47. The quantitative estimate of drug-likeness (QED) is 0.860. The Bertz CT molecular complexity index is 401. The molecule has 4 nitrogen and oxygen atoms in total. The van der Waals surface area contributed by atoms with Crippen LogP contribution in [0.1, 0.15) is 32.6 Å². The van der Waals surface area contributed by atoms with Gasteiger partial charge in [0.05, 0.1) is 12.3 Å². The highest BCUT2D eigenvalue weighted by Gasteiger charge is 2.17. The monoisotopic (exact) mass is 248 g/mol. The topological polar surface area (TPSA) is 50.4 Å². The van der Waals surface area contributed by atoms with Crippen LogP contribution >= 0.6 is 0 Å². The van der Waals surface area contributed by atoms with Gasteiger partial charge in [0.2, 0.25) is 0 Å². The van der Waals surface area contributed by atoms with Crippen LogP contribution in [0.25, 0.3) is 0 Å². The van der Waals surface area contributed by atoms with Crippen LogP contribution in [0, 0.1) is 0 Å². The van der Waals surface area contributed by atoms with Crippen molar-refractivity contribution in [1.29, 1.82) is 0 Å². The maximum absolute atomic E-state index is 11.8. The van der Waals surface area contributed by atoms with Crippen molar-refractivity contribution in [2.24, 2.45) is 0 Å². The maximum atomic E-state index is 11.8. The summed E-state index contributed by atoms with van der Waals surface area (Å²) in [4.78, 5) is 11.8. The Labute approximate surface area is 108 Å². The largest absolute Gasteiger partial charge is 0.492 e. The van der Waals surface area contributed by atoms with E-state index in [1.54, 1.807) is 0 Å². The SMILES string of the molecule is CCOc1ccccc1NC(=O)NC1CCCC1. The van der Waals surface area contributed by atoms with Crippen molar-refractivity contribution in [3.8, 4) is 5.75 Å². The predicted molar refractivity (Wildman–Crippen MR) is 72.0 cm³/mol. The predicted octanol–water partition coefficient (Wildman–Crippen LogP) is 3.15. The van der Waals surface area contributed by atoms with Gasteiger partial charge in [-0.05, 0) is 31.9 Å². The normalized spacial score (nSPS) is 15.4. The zero-order valence-electron chi connectivity index (χ0n) is 10.7. The first-order chi connectivity index (χ1) is 8.79. The number of nitrogens with one attached hydrogen (secondary N) is 2. The van der Waals surface area contributed by atoms with Gasteiger partial charge in [0.1, 0.15) is 5.75 Å². The standard InChI is InChI=1S/C14H20N2O2/c1-2-18-13-10-6-5-9-12(13)16-14(17)15-11-7-3-4-8-11/h5-6,9-11H,2-4,7-8H2,1H3,(H2,15,16,17). The number of hydrogen-bond acceptors (Lipinski definition) is 2. The molecule has 2 amide bonds. The fraction of sp³-hybridized carbons (Fsp3) is 0.500. The number of anilines is 1. The summed E-state index contributed by atoms with van der Waals surface area (Å²) in [5.41, 5.74) is 0.717. The lowest BCUT2D eigenvalue weighted by atomic mass is 10.2. The Balaban J connectivity index is 1.93. The molecule has 0 unspecified atom stereocenters. The first-order valence-electron chi connectivity index (χ1n) is 6.59. The zero-order chi connectivity index (χ0) is 12.8. The van der Waals surface area contributed by atoms with Gasteiger partial charge in [-0.2, -0.15) is 0 Å². The average molecular weight is 248 g/mol. The van der Waals surface area contributed by atoms with Gasteiger partial charge in [0, 0.05) is 6.04 Å². The van der Waals surface area contributed by atoms with Crippen LogP contribution in [0.15, 0.2) is 24.3 Å². The molecule has 2 rings (SSSR count). The second-order valence-corrected chi connectivity index (χ2v) is 4.51. The molecule has 18 heavy (non-hydrogen) atoms. The Kier molecular flexibility index (Phi) is 4.45. The summed E-state index contributed by atoms with van der Waals surface area (Å²) >= 11 is 0. The number of amides is 2. The van der Waals surface area contributed by atoms with Crippen LogP contribution in [-0.4, -0.2) is 18.7 Å². The second kappa shape index (κ2) is 6.28. The maximum Gasteiger partial charge on any atom is 0.319 e. The molecule has 98 valence electrons. The van der Waals surface area contributed by atoms with Crippen molar-refractivity contribution in [2.45, 2.75) is 38.6 Å². The molecular formula is C14H20N2O2. The molecule has 1 aromatic carbocycles. The first kappa shape index (κ1) is 12.7. The molecule has 4 heteroatoms. The molecule has 0 spiro atoms. The number of carbonyl (C=O) groups excluding carboxylic acids is 1. The lowest BCUT2D eigenvalue weighted by molar-refractivity contribution is 0.248. The third-order valence-electron chi connectivity index (χ3n) is 3.13. The minimum absolute atomic E-state index is 0.144. The van der Waals surface area contributed by atoms with Crippen molar-refractivity contribution in [3.63, 3.8) is 0 Å². The van der Waals surface area contributed by atoms with Gasteiger partial charge < -0.3 is 15.4 Å².